The van der Waals surface area contributed by atoms with E-state index in [1.807, 2.05) is 6.07 Å². The van der Waals surface area contributed by atoms with E-state index >= 15 is 0 Å². The zero-order chi connectivity index (χ0) is 17.1. The van der Waals surface area contributed by atoms with Crippen LogP contribution in [-0.2, 0) is 39.0 Å². The maximum Gasteiger partial charge on any atom is 0.344 e. The fourth-order valence-electron chi connectivity index (χ4n) is 2.57. The van der Waals surface area contributed by atoms with Crippen molar-refractivity contribution >= 4 is 22.9 Å². The molecule has 0 N–H and O–H groups in total. The third-order valence-electron chi connectivity index (χ3n) is 3.54. The zero-order valence-corrected chi connectivity index (χ0v) is 13.1. The van der Waals surface area contributed by atoms with E-state index in [0.717, 1.165) is 0 Å². The molecule has 0 aromatic heterocycles. The maximum atomic E-state index is 11.8. The third kappa shape index (κ3) is 3.87. The summed E-state index contributed by atoms with van der Waals surface area (Å²) in [4.78, 5) is 23.0. The molecule has 0 saturated carbocycles. The van der Waals surface area contributed by atoms with Gasteiger partial charge in [0.2, 0.25) is 0 Å². The second kappa shape index (κ2) is 7.08. The number of nitrogens with zero attached hydrogens (tertiary/aromatic N) is 1. The number of esters is 2. The molecule has 9 nitrogen and oxygen atoms in total. The molecule has 0 aliphatic carbocycles. The summed E-state index contributed by atoms with van der Waals surface area (Å²) in [6, 6.07) is 2.02. The van der Waals surface area contributed by atoms with Crippen LogP contribution in [-0.4, -0.2) is 51.4 Å². The standard InChI is InChI=1S/C13H15NO8S/c1-6(2)13(16)19-5-9(15)21-12-10-7(4-14)3-8(20-10)11(12)22-23(17)18/h7-8,10-12,23H,1,3,5H2,2H3. The van der Waals surface area contributed by atoms with Crippen molar-refractivity contribution < 1.29 is 36.4 Å². The van der Waals surface area contributed by atoms with Gasteiger partial charge in [-0.3, -0.25) is 4.18 Å². The Bertz CT molecular complexity index is 628. The van der Waals surface area contributed by atoms with Gasteiger partial charge in [-0.05, 0) is 13.3 Å². The van der Waals surface area contributed by atoms with Crippen LogP contribution in [0.5, 0.6) is 0 Å². The summed E-state index contributed by atoms with van der Waals surface area (Å²) >= 11 is 0. The lowest BCUT2D eigenvalue weighted by Crippen LogP contribution is -2.45. The first-order valence-corrected chi connectivity index (χ1v) is 7.81. The van der Waals surface area contributed by atoms with Gasteiger partial charge in [-0.1, -0.05) is 6.58 Å². The molecule has 2 rings (SSSR count). The van der Waals surface area contributed by atoms with Gasteiger partial charge in [0.1, 0.15) is 12.2 Å². The van der Waals surface area contributed by atoms with Crippen LogP contribution in [0.15, 0.2) is 12.2 Å². The summed E-state index contributed by atoms with van der Waals surface area (Å²) in [5, 5.41) is 9.04. The van der Waals surface area contributed by atoms with Gasteiger partial charge >= 0.3 is 11.9 Å². The second-order valence-electron chi connectivity index (χ2n) is 5.22. The van der Waals surface area contributed by atoms with Crippen molar-refractivity contribution in [1.29, 1.82) is 5.26 Å². The van der Waals surface area contributed by atoms with E-state index in [1.165, 1.54) is 6.92 Å². The molecule has 126 valence electrons. The summed E-state index contributed by atoms with van der Waals surface area (Å²) in [6.07, 6.45) is -3.18. The molecule has 2 fully saturated rings. The van der Waals surface area contributed by atoms with Crippen molar-refractivity contribution in [3.8, 4) is 6.07 Å². The lowest BCUT2D eigenvalue weighted by Gasteiger charge is -2.27. The zero-order valence-electron chi connectivity index (χ0n) is 12.2. The minimum Gasteiger partial charge on any atom is -0.454 e. The van der Waals surface area contributed by atoms with E-state index in [9.17, 15) is 18.0 Å². The highest BCUT2D eigenvalue weighted by atomic mass is 32.2. The number of carbonyl (C=O) groups is 2. The molecule has 2 aliphatic rings. The first-order chi connectivity index (χ1) is 10.8. The summed E-state index contributed by atoms with van der Waals surface area (Å²) in [7, 11) is -3.17. The minimum atomic E-state index is -3.17. The van der Waals surface area contributed by atoms with Gasteiger partial charge in [0.25, 0.3) is 11.0 Å². The number of ether oxygens (including phenoxy) is 3. The molecule has 2 aliphatic heterocycles. The van der Waals surface area contributed by atoms with Crippen molar-refractivity contribution in [1.82, 2.24) is 0 Å². The average molecular weight is 345 g/mol. The fraction of sp³-hybridized carbons (Fsp3) is 0.615. The molecule has 0 aromatic carbocycles. The predicted molar refractivity (Wildman–Crippen MR) is 73.2 cm³/mol. The number of thiol groups is 1. The number of hydrogen-bond acceptors (Lipinski definition) is 9. The van der Waals surface area contributed by atoms with E-state index in [-0.39, 0.29) is 5.57 Å². The Kier molecular flexibility index (Phi) is 5.35. The summed E-state index contributed by atoms with van der Waals surface area (Å²) in [5.41, 5.74) is 0.121. The molecule has 0 amide bonds. The first kappa shape index (κ1) is 17.4. The molecule has 5 unspecified atom stereocenters. The van der Waals surface area contributed by atoms with Crippen molar-refractivity contribution in [3.05, 3.63) is 12.2 Å². The van der Waals surface area contributed by atoms with E-state index in [4.69, 9.17) is 18.9 Å². The fourth-order valence-corrected chi connectivity index (χ4v) is 3.03. The monoisotopic (exact) mass is 345 g/mol. The van der Waals surface area contributed by atoms with Gasteiger partial charge < -0.3 is 14.2 Å². The Morgan fingerprint density at radius 2 is 2.09 bits per heavy atom. The SMILES string of the molecule is C=C(C)C(=O)OCC(=O)OC1C2OC(CC2C#N)C1O[SH](=O)=O. The molecular weight excluding hydrogens is 330 g/mol. The molecule has 10 heteroatoms. The average Bonchev–Trinajstić information content (AvgIpc) is 3.03. The molecule has 0 spiro atoms. The predicted octanol–water partition coefficient (Wildman–Crippen LogP) is -0.760. The lowest BCUT2D eigenvalue weighted by molar-refractivity contribution is -0.165. The van der Waals surface area contributed by atoms with Crippen molar-refractivity contribution in [3.63, 3.8) is 0 Å². The van der Waals surface area contributed by atoms with E-state index in [1.54, 1.807) is 0 Å². The van der Waals surface area contributed by atoms with Crippen LogP contribution in [0.25, 0.3) is 0 Å². The summed E-state index contributed by atoms with van der Waals surface area (Å²) in [6.45, 7) is 4.12. The van der Waals surface area contributed by atoms with Gasteiger partial charge in [-0.2, -0.15) is 5.26 Å². The Morgan fingerprint density at radius 3 is 2.65 bits per heavy atom. The minimum absolute atomic E-state index is 0.121. The molecule has 2 saturated heterocycles. The van der Waals surface area contributed by atoms with E-state index < -0.39 is 59.9 Å². The van der Waals surface area contributed by atoms with Crippen LogP contribution in [0.1, 0.15) is 13.3 Å². The van der Waals surface area contributed by atoms with Crippen LogP contribution in [0.4, 0.5) is 0 Å². The molecule has 0 radical (unpaired) electrons. The molecule has 2 bridgehead atoms. The van der Waals surface area contributed by atoms with Crippen LogP contribution in [0.3, 0.4) is 0 Å². The Balaban J connectivity index is 2.00. The highest BCUT2D eigenvalue weighted by Crippen LogP contribution is 2.42. The number of carbonyl (C=O) groups excluding carboxylic acids is 2. The van der Waals surface area contributed by atoms with Crippen molar-refractivity contribution in [2.24, 2.45) is 5.92 Å². The summed E-state index contributed by atoms with van der Waals surface area (Å²) < 4.78 is 41.5. The number of nitriles is 1. The molecule has 5 atom stereocenters. The highest BCUT2D eigenvalue weighted by Gasteiger charge is 2.57. The molecular formula is C13H15NO8S. The Morgan fingerprint density at radius 1 is 1.39 bits per heavy atom. The maximum absolute atomic E-state index is 11.8. The molecule has 23 heavy (non-hydrogen) atoms. The number of fused-ring (bicyclic) bond motifs is 2. The first-order valence-electron chi connectivity index (χ1n) is 6.71. The van der Waals surface area contributed by atoms with Crippen LogP contribution in [0.2, 0.25) is 0 Å². The molecule has 0 aromatic rings. The Labute approximate surface area is 133 Å². The quantitative estimate of drug-likeness (QED) is 0.375. The van der Waals surface area contributed by atoms with Crippen molar-refractivity contribution in [2.75, 3.05) is 6.61 Å². The lowest BCUT2D eigenvalue weighted by atomic mass is 9.86. The summed E-state index contributed by atoms with van der Waals surface area (Å²) in [5.74, 6) is -2.18. The Hall–Kier alpha value is -1.96. The van der Waals surface area contributed by atoms with Gasteiger partial charge in [0, 0.05) is 5.57 Å². The third-order valence-corrected chi connectivity index (χ3v) is 3.96. The topological polar surface area (TPSA) is 129 Å². The van der Waals surface area contributed by atoms with Crippen LogP contribution in [0, 0.1) is 17.2 Å². The van der Waals surface area contributed by atoms with Crippen LogP contribution >= 0.6 is 0 Å². The molecule has 2 heterocycles. The van der Waals surface area contributed by atoms with Gasteiger partial charge in [-0.25, -0.2) is 18.0 Å². The van der Waals surface area contributed by atoms with Gasteiger partial charge in [0.15, 0.2) is 12.7 Å². The van der Waals surface area contributed by atoms with Crippen LogP contribution < -0.4 is 0 Å². The highest BCUT2D eigenvalue weighted by molar-refractivity contribution is 7.67. The smallest absolute Gasteiger partial charge is 0.344 e. The van der Waals surface area contributed by atoms with Gasteiger partial charge in [-0.15, -0.1) is 0 Å². The van der Waals surface area contributed by atoms with E-state index in [2.05, 4.69) is 11.3 Å². The largest absolute Gasteiger partial charge is 0.454 e. The van der Waals surface area contributed by atoms with E-state index in [0.29, 0.717) is 6.42 Å². The number of rotatable bonds is 6. The number of hydrogen-bond donors (Lipinski definition) is 1. The normalized spacial score (nSPS) is 31.6. The van der Waals surface area contributed by atoms with Crippen molar-refractivity contribution in [2.45, 2.75) is 37.8 Å². The second-order valence-corrected chi connectivity index (χ2v) is 5.87. The van der Waals surface area contributed by atoms with Gasteiger partial charge in [0.05, 0.1) is 18.1 Å².